The Morgan fingerprint density at radius 2 is 1.47 bits per heavy atom. The van der Waals surface area contributed by atoms with Crippen molar-refractivity contribution in [2.75, 3.05) is 13.2 Å². The van der Waals surface area contributed by atoms with E-state index in [1.165, 1.54) is 13.8 Å². The zero-order valence-corrected chi connectivity index (χ0v) is 11.9. The van der Waals surface area contributed by atoms with E-state index >= 15 is 0 Å². The van der Waals surface area contributed by atoms with Crippen molar-refractivity contribution in [2.24, 2.45) is 0 Å². The van der Waals surface area contributed by atoms with Crippen LogP contribution in [-0.4, -0.2) is 18.3 Å². The van der Waals surface area contributed by atoms with E-state index in [0.29, 0.717) is 35.8 Å². The van der Waals surface area contributed by atoms with E-state index in [0.717, 1.165) is 6.42 Å². The number of hydrogen-bond donors (Lipinski definition) is 1. The Bertz CT molecular complexity index is 427. The average molecular weight is 268 g/mol. The van der Waals surface area contributed by atoms with Gasteiger partial charge in [0.15, 0.2) is 11.5 Å². The minimum absolute atomic E-state index is 0.434. The number of hydrogen-bond acceptors (Lipinski definition) is 3. The molecule has 0 amide bonds. The van der Waals surface area contributed by atoms with Gasteiger partial charge in [-0.1, -0.05) is 0 Å². The van der Waals surface area contributed by atoms with Gasteiger partial charge in [0, 0.05) is 6.42 Å². The Balaban J connectivity index is 2.61. The summed E-state index contributed by atoms with van der Waals surface area (Å²) in [5.41, 5.74) is -1.72. The number of rotatable bonds is 2. The van der Waals surface area contributed by atoms with Gasteiger partial charge in [0.25, 0.3) is 0 Å². The fourth-order valence-corrected chi connectivity index (χ4v) is 2.21. The normalized spacial score (nSPS) is 16.1. The molecule has 0 unspecified atom stereocenters. The second kappa shape index (κ2) is 4.67. The summed E-state index contributed by atoms with van der Waals surface area (Å²) < 4.78 is 25.5. The van der Waals surface area contributed by atoms with Gasteiger partial charge in [-0.25, -0.2) is 4.39 Å². The van der Waals surface area contributed by atoms with Crippen LogP contribution >= 0.6 is 0 Å². The van der Waals surface area contributed by atoms with Crippen molar-refractivity contribution in [3.63, 3.8) is 0 Å². The third kappa shape index (κ3) is 3.00. The first kappa shape index (κ1) is 14.1. The lowest BCUT2D eigenvalue weighted by molar-refractivity contribution is 0.0726. The van der Waals surface area contributed by atoms with Gasteiger partial charge in [0.1, 0.15) is 5.67 Å². The minimum Gasteiger partial charge on any atom is -0.490 e. The third-order valence-electron chi connectivity index (χ3n) is 3.19. The van der Waals surface area contributed by atoms with E-state index in [-0.39, 0.29) is 0 Å². The molecule has 0 saturated carbocycles. The zero-order valence-electron chi connectivity index (χ0n) is 11.9. The number of benzene rings is 1. The fourth-order valence-electron chi connectivity index (χ4n) is 2.21. The molecule has 0 bridgehead atoms. The van der Waals surface area contributed by atoms with Crippen LogP contribution in [0.15, 0.2) is 12.1 Å². The molecule has 0 spiro atoms. The van der Waals surface area contributed by atoms with Gasteiger partial charge in [-0.3, -0.25) is 0 Å². The molecule has 1 aromatic rings. The Labute approximate surface area is 113 Å². The molecular formula is C15H21FO3. The summed E-state index contributed by atoms with van der Waals surface area (Å²) >= 11 is 0. The van der Waals surface area contributed by atoms with E-state index in [1.54, 1.807) is 26.0 Å². The van der Waals surface area contributed by atoms with E-state index in [9.17, 15) is 9.50 Å². The van der Waals surface area contributed by atoms with E-state index < -0.39 is 11.3 Å². The summed E-state index contributed by atoms with van der Waals surface area (Å²) in [5, 5.41) is 10.2. The van der Waals surface area contributed by atoms with E-state index in [2.05, 4.69) is 0 Å². The van der Waals surface area contributed by atoms with Crippen molar-refractivity contribution in [3.8, 4) is 11.5 Å². The summed E-state index contributed by atoms with van der Waals surface area (Å²) in [6.07, 6.45) is 0.793. The average Bonchev–Trinajstić information content (AvgIpc) is 2.49. The summed E-state index contributed by atoms with van der Waals surface area (Å²) in [6, 6.07) is 3.34. The highest BCUT2D eigenvalue weighted by Crippen LogP contribution is 2.41. The van der Waals surface area contributed by atoms with Crippen LogP contribution < -0.4 is 9.47 Å². The highest BCUT2D eigenvalue weighted by molar-refractivity contribution is 5.51. The van der Waals surface area contributed by atoms with Crippen LogP contribution in [0.3, 0.4) is 0 Å². The predicted molar refractivity (Wildman–Crippen MR) is 71.4 cm³/mol. The molecule has 106 valence electrons. The molecule has 0 saturated heterocycles. The maximum absolute atomic E-state index is 14.4. The van der Waals surface area contributed by atoms with Crippen LogP contribution in [0.4, 0.5) is 4.39 Å². The predicted octanol–water partition coefficient (Wildman–Crippen LogP) is 3.28. The van der Waals surface area contributed by atoms with Crippen molar-refractivity contribution >= 4 is 0 Å². The molecule has 0 atom stereocenters. The Kier molecular flexibility index (Phi) is 3.47. The lowest BCUT2D eigenvalue weighted by atomic mass is 9.86. The first-order chi connectivity index (χ1) is 8.69. The van der Waals surface area contributed by atoms with Gasteiger partial charge in [0.2, 0.25) is 0 Å². The minimum atomic E-state index is -1.56. The number of aliphatic hydroxyl groups is 1. The molecular weight excluding hydrogens is 247 g/mol. The van der Waals surface area contributed by atoms with Gasteiger partial charge in [0.05, 0.1) is 18.8 Å². The Hall–Kier alpha value is -1.29. The van der Waals surface area contributed by atoms with Gasteiger partial charge in [-0.2, -0.15) is 0 Å². The van der Waals surface area contributed by atoms with Crippen molar-refractivity contribution in [1.82, 2.24) is 0 Å². The lowest BCUT2D eigenvalue weighted by Gasteiger charge is -2.28. The largest absolute Gasteiger partial charge is 0.490 e. The SMILES string of the molecule is CC(C)(O)c1cc2c(cc1C(C)(C)F)OCCCO2. The van der Waals surface area contributed by atoms with Crippen molar-refractivity contribution in [2.45, 2.75) is 45.4 Å². The quantitative estimate of drug-likeness (QED) is 0.894. The topological polar surface area (TPSA) is 38.7 Å². The highest BCUT2D eigenvalue weighted by Gasteiger charge is 2.31. The number of fused-ring (bicyclic) bond motifs is 1. The van der Waals surface area contributed by atoms with Crippen LogP contribution in [0.1, 0.15) is 45.2 Å². The van der Waals surface area contributed by atoms with Gasteiger partial charge in [-0.15, -0.1) is 0 Å². The van der Waals surface area contributed by atoms with Crippen molar-refractivity contribution in [1.29, 1.82) is 0 Å². The van der Waals surface area contributed by atoms with Crippen molar-refractivity contribution < 1.29 is 19.0 Å². The van der Waals surface area contributed by atoms with Crippen LogP contribution in [0, 0.1) is 0 Å². The van der Waals surface area contributed by atoms with Gasteiger partial charge >= 0.3 is 0 Å². The smallest absolute Gasteiger partial charge is 0.161 e. The van der Waals surface area contributed by atoms with Crippen LogP contribution in [0.25, 0.3) is 0 Å². The molecule has 1 heterocycles. The zero-order chi connectivity index (χ0) is 14.3. The maximum Gasteiger partial charge on any atom is 0.161 e. The second-order valence-corrected chi connectivity index (χ2v) is 5.93. The summed E-state index contributed by atoms with van der Waals surface area (Å²) in [4.78, 5) is 0. The number of alkyl halides is 1. The monoisotopic (exact) mass is 268 g/mol. The molecule has 0 aliphatic carbocycles. The summed E-state index contributed by atoms with van der Waals surface area (Å²) in [5.74, 6) is 1.12. The first-order valence-electron chi connectivity index (χ1n) is 6.55. The molecule has 1 aromatic carbocycles. The van der Waals surface area contributed by atoms with Crippen LogP contribution in [-0.2, 0) is 11.3 Å². The molecule has 1 aliphatic rings. The van der Waals surface area contributed by atoms with Gasteiger partial charge in [-0.05, 0) is 51.0 Å². The Morgan fingerprint density at radius 3 is 1.89 bits per heavy atom. The fraction of sp³-hybridized carbons (Fsp3) is 0.600. The molecule has 0 fully saturated rings. The number of ether oxygens (including phenoxy) is 2. The molecule has 3 nitrogen and oxygen atoms in total. The summed E-state index contributed by atoms with van der Waals surface area (Å²) in [7, 11) is 0. The molecule has 0 radical (unpaired) electrons. The highest BCUT2D eigenvalue weighted by atomic mass is 19.1. The summed E-state index contributed by atoms with van der Waals surface area (Å²) in [6.45, 7) is 7.35. The molecule has 0 aromatic heterocycles. The molecule has 1 N–H and O–H groups in total. The van der Waals surface area contributed by atoms with E-state index in [1.807, 2.05) is 0 Å². The molecule has 4 heteroatoms. The van der Waals surface area contributed by atoms with Crippen LogP contribution in [0.5, 0.6) is 11.5 Å². The lowest BCUT2D eigenvalue weighted by Crippen LogP contribution is -2.23. The molecule has 19 heavy (non-hydrogen) atoms. The molecule has 2 rings (SSSR count). The maximum atomic E-state index is 14.4. The number of halogens is 1. The second-order valence-electron chi connectivity index (χ2n) is 5.93. The van der Waals surface area contributed by atoms with E-state index in [4.69, 9.17) is 9.47 Å². The van der Waals surface area contributed by atoms with Gasteiger partial charge < -0.3 is 14.6 Å². The standard InChI is InChI=1S/C15H21FO3/c1-14(2,16)10-8-12-13(19-7-5-6-18-12)9-11(10)15(3,4)17/h8-9,17H,5-7H2,1-4H3. The first-order valence-corrected chi connectivity index (χ1v) is 6.55. The molecule has 1 aliphatic heterocycles. The third-order valence-corrected chi connectivity index (χ3v) is 3.19. The Morgan fingerprint density at radius 1 is 1.00 bits per heavy atom. The van der Waals surface area contributed by atoms with Crippen LogP contribution in [0.2, 0.25) is 0 Å². The van der Waals surface area contributed by atoms with Crippen molar-refractivity contribution in [3.05, 3.63) is 23.3 Å².